The Balaban J connectivity index is 1.97. The third-order valence-corrected chi connectivity index (χ3v) is 4.50. The largest absolute Gasteiger partial charge is 0.368 e. The molecule has 0 radical (unpaired) electrons. The van der Waals surface area contributed by atoms with E-state index in [1.54, 1.807) is 22.8 Å². The maximum Gasteiger partial charge on any atom is 0.221 e. The standard InChI is InChI=1S/C17H17FN4/c18-13-7-5-12(6-8-13)16-15(11-3-1-2-4-11)14-9-10-20-17(19)22(14)21-16/h5-11H,1-4H2,(H2,19,20). The van der Waals surface area contributed by atoms with Gasteiger partial charge >= 0.3 is 0 Å². The molecule has 1 aliphatic rings. The van der Waals surface area contributed by atoms with Crippen LogP contribution in [0.25, 0.3) is 16.8 Å². The number of fused-ring (bicyclic) bond motifs is 1. The Morgan fingerprint density at radius 1 is 1.09 bits per heavy atom. The Morgan fingerprint density at radius 3 is 2.55 bits per heavy atom. The first-order valence-electron chi connectivity index (χ1n) is 7.63. The molecule has 1 fully saturated rings. The lowest BCUT2D eigenvalue weighted by molar-refractivity contribution is 0.628. The molecule has 0 saturated heterocycles. The first kappa shape index (κ1) is 13.2. The van der Waals surface area contributed by atoms with Gasteiger partial charge < -0.3 is 5.73 Å². The summed E-state index contributed by atoms with van der Waals surface area (Å²) in [5.74, 6) is 0.626. The molecule has 0 aliphatic heterocycles. The fourth-order valence-electron chi connectivity index (χ4n) is 3.46. The van der Waals surface area contributed by atoms with Crippen molar-refractivity contribution in [2.45, 2.75) is 31.6 Å². The van der Waals surface area contributed by atoms with Crippen LogP contribution in [0.15, 0.2) is 36.5 Å². The average molecular weight is 296 g/mol. The highest BCUT2D eigenvalue weighted by atomic mass is 19.1. The van der Waals surface area contributed by atoms with Crippen molar-refractivity contribution < 1.29 is 4.39 Å². The fourth-order valence-corrected chi connectivity index (χ4v) is 3.46. The highest BCUT2D eigenvalue weighted by Crippen LogP contribution is 2.41. The lowest BCUT2D eigenvalue weighted by Crippen LogP contribution is -2.01. The van der Waals surface area contributed by atoms with E-state index in [-0.39, 0.29) is 5.82 Å². The van der Waals surface area contributed by atoms with E-state index in [4.69, 9.17) is 5.73 Å². The highest BCUT2D eigenvalue weighted by molar-refractivity contribution is 5.74. The maximum atomic E-state index is 13.2. The van der Waals surface area contributed by atoms with E-state index in [2.05, 4.69) is 10.1 Å². The quantitative estimate of drug-likeness (QED) is 0.783. The molecule has 2 heterocycles. The van der Waals surface area contributed by atoms with Gasteiger partial charge in [-0.3, -0.25) is 0 Å². The number of nitrogens with two attached hydrogens (primary N) is 1. The van der Waals surface area contributed by atoms with Crippen molar-refractivity contribution in [2.24, 2.45) is 0 Å². The minimum absolute atomic E-state index is 0.240. The van der Waals surface area contributed by atoms with Gasteiger partial charge in [0.25, 0.3) is 0 Å². The molecular formula is C17H17FN4. The third-order valence-electron chi connectivity index (χ3n) is 4.50. The predicted octanol–water partition coefficient (Wildman–Crippen LogP) is 3.78. The molecule has 2 N–H and O–H groups in total. The van der Waals surface area contributed by atoms with Crippen LogP contribution in [-0.4, -0.2) is 14.6 Å². The van der Waals surface area contributed by atoms with Crippen molar-refractivity contribution >= 4 is 11.5 Å². The normalized spacial score (nSPS) is 15.7. The van der Waals surface area contributed by atoms with Crippen LogP contribution in [0.2, 0.25) is 0 Å². The summed E-state index contributed by atoms with van der Waals surface area (Å²) in [5, 5.41) is 4.66. The summed E-state index contributed by atoms with van der Waals surface area (Å²) >= 11 is 0. The zero-order chi connectivity index (χ0) is 15.1. The second-order valence-corrected chi connectivity index (χ2v) is 5.85. The summed E-state index contributed by atoms with van der Waals surface area (Å²) in [6.45, 7) is 0. The number of aromatic nitrogens is 3. The molecule has 112 valence electrons. The van der Waals surface area contributed by atoms with E-state index in [0.29, 0.717) is 11.9 Å². The van der Waals surface area contributed by atoms with Crippen molar-refractivity contribution in [3.8, 4) is 11.3 Å². The van der Waals surface area contributed by atoms with E-state index >= 15 is 0 Å². The van der Waals surface area contributed by atoms with Crippen molar-refractivity contribution in [3.05, 3.63) is 47.9 Å². The Hall–Kier alpha value is -2.43. The lowest BCUT2D eigenvalue weighted by atomic mass is 9.93. The number of nitrogens with zero attached hydrogens (tertiary/aromatic N) is 3. The molecule has 0 amide bonds. The molecule has 0 bridgehead atoms. The van der Waals surface area contributed by atoms with E-state index in [9.17, 15) is 4.39 Å². The zero-order valence-electron chi connectivity index (χ0n) is 12.2. The number of halogens is 1. The van der Waals surface area contributed by atoms with Gasteiger partial charge in [-0.25, -0.2) is 9.37 Å². The predicted molar refractivity (Wildman–Crippen MR) is 84.0 cm³/mol. The molecule has 0 unspecified atom stereocenters. The fraction of sp³-hybridized carbons (Fsp3) is 0.294. The van der Waals surface area contributed by atoms with Crippen LogP contribution < -0.4 is 5.73 Å². The molecule has 1 aliphatic carbocycles. The van der Waals surface area contributed by atoms with Crippen LogP contribution in [0.5, 0.6) is 0 Å². The summed E-state index contributed by atoms with van der Waals surface area (Å²) in [4.78, 5) is 4.11. The third kappa shape index (κ3) is 2.04. The minimum Gasteiger partial charge on any atom is -0.368 e. The molecule has 1 saturated carbocycles. The van der Waals surface area contributed by atoms with E-state index in [1.165, 1.54) is 30.5 Å². The van der Waals surface area contributed by atoms with Gasteiger partial charge in [-0.05, 0) is 49.1 Å². The van der Waals surface area contributed by atoms with Crippen LogP contribution >= 0.6 is 0 Å². The monoisotopic (exact) mass is 296 g/mol. The van der Waals surface area contributed by atoms with Crippen molar-refractivity contribution in [1.29, 1.82) is 0 Å². The molecule has 4 nitrogen and oxygen atoms in total. The van der Waals surface area contributed by atoms with Crippen molar-refractivity contribution in [2.75, 3.05) is 5.73 Å². The van der Waals surface area contributed by atoms with Crippen LogP contribution in [0.4, 0.5) is 10.3 Å². The van der Waals surface area contributed by atoms with E-state index < -0.39 is 0 Å². The molecule has 5 heteroatoms. The second kappa shape index (κ2) is 5.09. The SMILES string of the molecule is Nc1nccc2c(C3CCCC3)c(-c3ccc(F)cc3)nn12. The first-order chi connectivity index (χ1) is 10.7. The summed E-state index contributed by atoms with van der Waals surface area (Å²) < 4.78 is 14.9. The van der Waals surface area contributed by atoms with Crippen molar-refractivity contribution in [3.63, 3.8) is 0 Å². The van der Waals surface area contributed by atoms with Crippen LogP contribution in [-0.2, 0) is 0 Å². The molecule has 22 heavy (non-hydrogen) atoms. The number of nitrogen functional groups attached to an aromatic ring is 1. The summed E-state index contributed by atoms with van der Waals surface area (Å²) in [6, 6.07) is 8.46. The Kier molecular flexibility index (Phi) is 3.06. The Labute approximate surface area is 127 Å². The van der Waals surface area contributed by atoms with Gasteiger partial charge in [-0.1, -0.05) is 12.8 Å². The van der Waals surface area contributed by atoms with E-state index in [0.717, 1.165) is 29.6 Å². The van der Waals surface area contributed by atoms with Gasteiger partial charge in [0.2, 0.25) is 5.95 Å². The molecular weight excluding hydrogens is 279 g/mol. The number of rotatable bonds is 2. The average Bonchev–Trinajstić information content (AvgIpc) is 3.15. The lowest BCUT2D eigenvalue weighted by Gasteiger charge is -2.10. The molecule has 0 atom stereocenters. The number of hydrogen-bond donors (Lipinski definition) is 1. The van der Waals surface area contributed by atoms with Gasteiger partial charge in [-0.2, -0.15) is 9.61 Å². The first-order valence-corrected chi connectivity index (χ1v) is 7.63. The topological polar surface area (TPSA) is 56.2 Å². The van der Waals surface area contributed by atoms with Gasteiger partial charge in [0.05, 0.1) is 11.2 Å². The molecule has 2 aromatic heterocycles. The molecule has 0 spiro atoms. The summed E-state index contributed by atoms with van der Waals surface area (Å²) in [6.07, 6.45) is 6.53. The smallest absolute Gasteiger partial charge is 0.221 e. The zero-order valence-corrected chi connectivity index (χ0v) is 12.2. The second-order valence-electron chi connectivity index (χ2n) is 5.85. The Bertz CT molecular complexity index is 817. The number of benzene rings is 1. The van der Waals surface area contributed by atoms with Crippen LogP contribution in [0, 0.1) is 5.82 Å². The van der Waals surface area contributed by atoms with Gasteiger partial charge in [0.1, 0.15) is 5.82 Å². The number of hydrogen-bond acceptors (Lipinski definition) is 3. The van der Waals surface area contributed by atoms with Crippen molar-refractivity contribution in [1.82, 2.24) is 14.6 Å². The van der Waals surface area contributed by atoms with Gasteiger partial charge in [0, 0.05) is 17.3 Å². The van der Waals surface area contributed by atoms with Crippen LogP contribution in [0.3, 0.4) is 0 Å². The Morgan fingerprint density at radius 2 is 1.82 bits per heavy atom. The summed E-state index contributed by atoms with van der Waals surface area (Å²) in [7, 11) is 0. The number of anilines is 1. The minimum atomic E-state index is -0.240. The molecule has 4 rings (SSSR count). The summed E-state index contributed by atoms with van der Waals surface area (Å²) in [5.41, 5.74) is 10.0. The van der Waals surface area contributed by atoms with E-state index in [1.807, 2.05) is 6.07 Å². The van der Waals surface area contributed by atoms with Gasteiger partial charge in [0.15, 0.2) is 0 Å². The maximum absolute atomic E-state index is 13.2. The molecule has 3 aromatic rings. The molecule has 1 aromatic carbocycles. The highest BCUT2D eigenvalue weighted by Gasteiger charge is 2.26. The van der Waals surface area contributed by atoms with Crippen LogP contribution in [0.1, 0.15) is 37.2 Å². The van der Waals surface area contributed by atoms with Gasteiger partial charge in [-0.15, -0.1) is 0 Å².